The summed E-state index contributed by atoms with van der Waals surface area (Å²) in [7, 11) is 0.760. The Morgan fingerprint density at radius 1 is 1.10 bits per heavy atom. The molecule has 1 N–H and O–H groups in total. The predicted octanol–water partition coefficient (Wildman–Crippen LogP) is 2.27. The maximum absolute atomic E-state index is 12.4. The quantitative estimate of drug-likeness (QED) is 0.658. The van der Waals surface area contributed by atoms with Gasteiger partial charge in [-0.2, -0.15) is 0 Å². The Bertz CT molecular complexity index is 988. The number of hydrogen-bond donors (Lipinski definition) is 1. The number of hydrogen-bond acceptors (Lipinski definition) is 6. The second-order valence-corrected chi connectivity index (χ2v) is 8.64. The van der Waals surface area contributed by atoms with Crippen LogP contribution < -0.4 is 5.32 Å². The van der Waals surface area contributed by atoms with Crippen molar-refractivity contribution in [2.45, 2.75) is 24.5 Å². The Labute approximate surface area is 170 Å². The van der Waals surface area contributed by atoms with Gasteiger partial charge in [0.25, 0.3) is 5.91 Å². The van der Waals surface area contributed by atoms with Crippen LogP contribution in [0.3, 0.4) is 0 Å². The predicted molar refractivity (Wildman–Crippen MR) is 108 cm³/mol. The van der Waals surface area contributed by atoms with Crippen LogP contribution in [0.4, 0.5) is 5.69 Å². The summed E-state index contributed by atoms with van der Waals surface area (Å²) in [6, 6.07) is 12.6. The molecule has 0 aliphatic carbocycles. The molecule has 2 aromatic carbocycles. The fraction of sp³-hybridized carbons (Fsp3) is 0.300. The Kier molecular flexibility index (Phi) is 7.49. The van der Waals surface area contributed by atoms with Gasteiger partial charge < -0.3 is 14.8 Å². The molecule has 0 radical (unpaired) electrons. The summed E-state index contributed by atoms with van der Waals surface area (Å²) in [4.78, 5) is 24.7. The van der Waals surface area contributed by atoms with Crippen LogP contribution >= 0.6 is 0 Å². The van der Waals surface area contributed by atoms with Gasteiger partial charge in [-0.3, -0.25) is 4.79 Å². The monoisotopic (exact) mass is 420 g/mol. The molecule has 2 aromatic rings. The summed E-state index contributed by atoms with van der Waals surface area (Å²) in [6.07, 6.45) is -1.08. The van der Waals surface area contributed by atoms with Gasteiger partial charge in [0, 0.05) is 26.9 Å². The van der Waals surface area contributed by atoms with Crippen molar-refractivity contribution in [1.82, 2.24) is 4.31 Å². The van der Waals surface area contributed by atoms with E-state index in [0.717, 1.165) is 9.87 Å². The van der Waals surface area contributed by atoms with Crippen LogP contribution in [0.2, 0.25) is 0 Å². The second kappa shape index (κ2) is 9.64. The molecule has 1 amide bonds. The van der Waals surface area contributed by atoms with E-state index in [1.54, 1.807) is 31.4 Å². The SMILES string of the molecule is COCc1cccc(C(=O)O[C@@H](C)C(=O)Nc2cccc(S(=O)(=O)N(C)C)c2)c1. The number of esters is 1. The fourth-order valence-electron chi connectivity index (χ4n) is 2.43. The number of sulfonamides is 1. The summed E-state index contributed by atoms with van der Waals surface area (Å²) < 4.78 is 35.8. The van der Waals surface area contributed by atoms with Gasteiger partial charge in [-0.25, -0.2) is 17.5 Å². The number of nitrogens with one attached hydrogen (secondary N) is 1. The highest BCUT2D eigenvalue weighted by Gasteiger charge is 2.21. The number of rotatable bonds is 8. The second-order valence-electron chi connectivity index (χ2n) is 6.49. The van der Waals surface area contributed by atoms with Crippen LogP contribution in [0, 0.1) is 0 Å². The molecule has 1 atom stereocenters. The molecule has 2 rings (SSSR count). The lowest BCUT2D eigenvalue weighted by Crippen LogP contribution is -2.30. The van der Waals surface area contributed by atoms with Crippen molar-refractivity contribution in [3.63, 3.8) is 0 Å². The minimum absolute atomic E-state index is 0.0416. The van der Waals surface area contributed by atoms with Crippen LogP contribution in [-0.2, 0) is 30.9 Å². The third kappa shape index (κ3) is 5.86. The number of nitrogens with zero attached hydrogens (tertiary/aromatic N) is 1. The highest BCUT2D eigenvalue weighted by molar-refractivity contribution is 7.89. The molecule has 0 bridgehead atoms. The number of carbonyl (C=O) groups excluding carboxylic acids is 2. The van der Waals surface area contributed by atoms with Crippen LogP contribution in [0.25, 0.3) is 0 Å². The molecule has 0 aliphatic rings. The minimum atomic E-state index is -3.63. The Morgan fingerprint density at radius 2 is 1.79 bits per heavy atom. The molecule has 0 fully saturated rings. The molecule has 0 heterocycles. The first-order chi connectivity index (χ1) is 13.6. The van der Waals surface area contributed by atoms with E-state index in [2.05, 4.69) is 5.32 Å². The van der Waals surface area contributed by atoms with Gasteiger partial charge in [0.1, 0.15) is 0 Å². The minimum Gasteiger partial charge on any atom is -0.449 e. The number of methoxy groups -OCH3 is 1. The highest BCUT2D eigenvalue weighted by atomic mass is 32.2. The summed E-state index contributed by atoms with van der Waals surface area (Å²) in [6.45, 7) is 1.79. The van der Waals surface area contributed by atoms with Gasteiger partial charge in [-0.05, 0) is 42.8 Å². The Hall–Kier alpha value is -2.75. The summed E-state index contributed by atoms with van der Waals surface area (Å²) in [5.41, 5.74) is 1.39. The molecule has 156 valence electrons. The van der Waals surface area contributed by atoms with Crippen LogP contribution in [0.5, 0.6) is 0 Å². The third-order valence-corrected chi connectivity index (χ3v) is 5.82. The van der Waals surface area contributed by atoms with E-state index in [0.29, 0.717) is 12.2 Å². The highest BCUT2D eigenvalue weighted by Crippen LogP contribution is 2.18. The molecular weight excluding hydrogens is 396 g/mol. The average Bonchev–Trinajstić information content (AvgIpc) is 2.68. The average molecular weight is 420 g/mol. The van der Waals surface area contributed by atoms with Crippen LogP contribution in [0.15, 0.2) is 53.4 Å². The largest absolute Gasteiger partial charge is 0.449 e. The first-order valence-electron chi connectivity index (χ1n) is 8.77. The zero-order valence-electron chi connectivity index (χ0n) is 16.7. The zero-order valence-corrected chi connectivity index (χ0v) is 17.5. The van der Waals surface area contributed by atoms with Gasteiger partial charge in [-0.15, -0.1) is 0 Å². The van der Waals surface area contributed by atoms with Crippen molar-refractivity contribution >= 4 is 27.6 Å². The van der Waals surface area contributed by atoms with E-state index >= 15 is 0 Å². The molecular formula is C20H24N2O6S. The van der Waals surface area contributed by atoms with Gasteiger partial charge in [0.2, 0.25) is 10.0 Å². The fourth-order valence-corrected chi connectivity index (χ4v) is 3.37. The molecule has 0 saturated carbocycles. The van der Waals surface area contributed by atoms with Crippen molar-refractivity contribution in [2.75, 3.05) is 26.5 Å². The number of ether oxygens (including phenoxy) is 2. The zero-order chi connectivity index (χ0) is 21.6. The Morgan fingerprint density at radius 3 is 2.45 bits per heavy atom. The first-order valence-corrected chi connectivity index (χ1v) is 10.2. The third-order valence-electron chi connectivity index (χ3n) is 4.01. The van der Waals surface area contributed by atoms with Crippen molar-refractivity contribution < 1.29 is 27.5 Å². The maximum Gasteiger partial charge on any atom is 0.338 e. The topological polar surface area (TPSA) is 102 Å². The van der Waals surface area contributed by atoms with E-state index in [9.17, 15) is 18.0 Å². The lowest BCUT2D eigenvalue weighted by Gasteiger charge is -2.15. The van der Waals surface area contributed by atoms with Gasteiger partial charge in [0.15, 0.2) is 6.10 Å². The molecule has 0 spiro atoms. The maximum atomic E-state index is 12.4. The molecule has 8 nitrogen and oxygen atoms in total. The molecule has 0 aromatic heterocycles. The lowest BCUT2D eigenvalue weighted by molar-refractivity contribution is -0.123. The van der Waals surface area contributed by atoms with E-state index in [-0.39, 0.29) is 10.6 Å². The molecule has 0 unspecified atom stereocenters. The summed E-state index contributed by atoms with van der Waals surface area (Å²) in [5, 5.41) is 2.56. The van der Waals surface area contributed by atoms with Crippen molar-refractivity contribution in [1.29, 1.82) is 0 Å². The number of carbonyl (C=O) groups is 2. The van der Waals surface area contributed by atoms with Crippen LogP contribution in [-0.4, -0.2) is 51.9 Å². The molecule has 0 aliphatic heterocycles. The first kappa shape index (κ1) is 22.5. The number of benzene rings is 2. The van der Waals surface area contributed by atoms with E-state index < -0.39 is 28.0 Å². The summed E-state index contributed by atoms with van der Waals surface area (Å²) in [5.74, 6) is -1.22. The summed E-state index contributed by atoms with van der Waals surface area (Å²) >= 11 is 0. The van der Waals surface area contributed by atoms with E-state index in [1.165, 1.54) is 39.2 Å². The molecule has 9 heteroatoms. The van der Waals surface area contributed by atoms with Gasteiger partial charge >= 0.3 is 5.97 Å². The normalized spacial score (nSPS) is 12.4. The van der Waals surface area contributed by atoms with Crippen LogP contribution in [0.1, 0.15) is 22.8 Å². The number of amides is 1. The Balaban J connectivity index is 2.06. The number of anilines is 1. The smallest absolute Gasteiger partial charge is 0.338 e. The van der Waals surface area contributed by atoms with E-state index in [4.69, 9.17) is 9.47 Å². The van der Waals surface area contributed by atoms with E-state index in [1.807, 2.05) is 6.07 Å². The molecule has 29 heavy (non-hydrogen) atoms. The van der Waals surface area contributed by atoms with Crippen molar-refractivity contribution in [3.05, 3.63) is 59.7 Å². The van der Waals surface area contributed by atoms with Crippen molar-refractivity contribution in [3.8, 4) is 0 Å². The van der Waals surface area contributed by atoms with Gasteiger partial charge in [-0.1, -0.05) is 18.2 Å². The van der Waals surface area contributed by atoms with Crippen molar-refractivity contribution in [2.24, 2.45) is 0 Å². The lowest BCUT2D eigenvalue weighted by atomic mass is 10.1. The van der Waals surface area contributed by atoms with Gasteiger partial charge in [0.05, 0.1) is 17.1 Å². The molecule has 0 saturated heterocycles. The standard InChI is InChI=1S/C20H24N2O6S/c1-14(28-20(24)16-8-5-7-15(11-16)13-27-4)19(23)21-17-9-6-10-18(12-17)29(25,26)22(2)3/h5-12,14H,13H2,1-4H3,(H,21,23)/t14-/m0/s1.